The summed E-state index contributed by atoms with van der Waals surface area (Å²) in [6, 6.07) is 3.27. The molecule has 0 aromatic rings. The first-order chi connectivity index (χ1) is 9.80. The van der Waals surface area contributed by atoms with Crippen LogP contribution in [0.25, 0.3) is 0 Å². The van der Waals surface area contributed by atoms with E-state index in [9.17, 15) is 10.4 Å². The molecule has 2 aliphatic carbocycles. The van der Waals surface area contributed by atoms with E-state index in [2.05, 4.69) is 31.7 Å². The van der Waals surface area contributed by atoms with E-state index in [1.54, 1.807) is 0 Å². The molecule has 3 aliphatic rings. The molecule has 1 N–H and O–H groups in total. The first-order valence-corrected chi connectivity index (χ1v) is 8.67. The minimum atomic E-state index is -0.771. The number of nitriles is 1. The maximum Gasteiger partial charge on any atom is 0.0971 e. The van der Waals surface area contributed by atoms with Gasteiger partial charge < -0.3 is 5.11 Å². The van der Waals surface area contributed by atoms with Gasteiger partial charge in [0, 0.05) is 19.1 Å². The second kappa shape index (κ2) is 4.96. The summed E-state index contributed by atoms with van der Waals surface area (Å²) in [5.74, 6) is 0.684. The predicted molar refractivity (Wildman–Crippen MR) is 83.6 cm³/mol. The van der Waals surface area contributed by atoms with Crippen LogP contribution >= 0.6 is 0 Å². The fourth-order valence-electron chi connectivity index (χ4n) is 4.62. The van der Waals surface area contributed by atoms with Gasteiger partial charge in [0.05, 0.1) is 17.1 Å². The van der Waals surface area contributed by atoms with Crippen LogP contribution in [0.15, 0.2) is 0 Å². The van der Waals surface area contributed by atoms with Gasteiger partial charge in [-0.3, -0.25) is 4.90 Å². The monoisotopic (exact) mass is 290 g/mol. The van der Waals surface area contributed by atoms with Gasteiger partial charge in [-0.1, -0.05) is 20.8 Å². The van der Waals surface area contributed by atoms with Gasteiger partial charge in [0.2, 0.25) is 0 Å². The summed E-state index contributed by atoms with van der Waals surface area (Å²) in [5, 5.41) is 21.1. The van der Waals surface area contributed by atoms with Gasteiger partial charge >= 0.3 is 0 Å². The molecule has 3 heteroatoms. The first kappa shape index (κ1) is 15.3. The van der Waals surface area contributed by atoms with Gasteiger partial charge in [0.15, 0.2) is 0 Å². The Morgan fingerprint density at radius 3 is 2.19 bits per heavy atom. The molecule has 1 heterocycles. The Morgan fingerprint density at radius 1 is 1.10 bits per heavy atom. The Bertz CT molecular complexity index is 435. The molecule has 1 aliphatic heterocycles. The lowest BCUT2D eigenvalue weighted by atomic mass is 9.58. The zero-order valence-corrected chi connectivity index (χ0v) is 13.9. The van der Waals surface area contributed by atoms with Crippen molar-refractivity contribution in [3.63, 3.8) is 0 Å². The van der Waals surface area contributed by atoms with Crippen LogP contribution in [0, 0.1) is 28.1 Å². The summed E-state index contributed by atoms with van der Waals surface area (Å²) >= 11 is 0. The SMILES string of the molecule is CC(C)(C)C1CCC(C#N)(C2(O)CCN(C3CC3)C2)CC1. The Hall–Kier alpha value is -0.590. The molecule has 2 saturated carbocycles. The van der Waals surface area contributed by atoms with Crippen LogP contribution in [0.2, 0.25) is 0 Å². The van der Waals surface area contributed by atoms with E-state index in [4.69, 9.17) is 0 Å². The highest BCUT2D eigenvalue weighted by atomic mass is 16.3. The highest BCUT2D eigenvalue weighted by molar-refractivity contribution is 5.17. The maximum absolute atomic E-state index is 11.2. The summed E-state index contributed by atoms with van der Waals surface area (Å²) in [5.41, 5.74) is -0.953. The van der Waals surface area contributed by atoms with Crippen molar-refractivity contribution in [3.8, 4) is 6.07 Å². The summed E-state index contributed by atoms with van der Waals surface area (Å²) in [6.07, 6.45) is 7.27. The van der Waals surface area contributed by atoms with Gasteiger partial charge in [0.25, 0.3) is 0 Å². The minimum absolute atomic E-state index is 0.319. The average molecular weight is 290 g/mol. The molecule has 1 atom stereocenters. The van der Waals surface area contributed by atoms with E-state index in [-0.39, 0.29) is 0 Å². The smallest absolute Gasteiger partial charge is 0.0971 e. The molecule has 0 spiro atoms. The van der Waals surface area contributed by atoms with Crippen molar-refractivity contribution in [1.29, 1.82) is 5.26 Å². The third kappa shape index (κ3) is 2.62. The molecule has 0 radical (unpaired) electrons. The lowest BCUT2D eigenvalue weighted by Gasteiger charge is -2.47. The number of rotatable bonds is 2. The van der Waals surface area contributed by atoms with Crippen molar-refractivity contribution in [3.05, 3.63) is 0 Å². The molecule has 0 aromatic heterocycles. The number of hydrogen-bond acceptors (Lipinski definition) is 3. The second-order valence-electron chi connectivity index (χ2n) is 8.82. The molecule has 1 unspecified atom stereocenters. The van der Waals surface area contributed by atoms with Crippen molar-refractivity contribution in [2.24, 2.45) is 16.7 Å². The molecule has 118 valence electrons. The molecular weight excluding hydrogens is 260 g/mol. The largest absolute Gasteiger partial charge is 0.387 e. The van der Waals surface area contributed by atoms with E-state index in [1.165, 1.54) is 12.8 Å². The lowest BCUT2D eigenvalue weighted by Crippen LogP contribution is -2.52. The minimum Gasteiger partial charge on any atom is -0.387 e. The van der Waals surface area contributed by atoms with Crippen molar-refractivity contribution < 1.29 is 5.11 Å². The highest BCUT2D eigenvalue weighted by Crippen LogP contribution is 2.53. The number of β-amino-alcohol motifs (C(OH)–C–C–N with tert-alkyl or cyclic N) is 1. The van der Waals surface area contributed by atoms with Gasteiger partial charge in [-0.2, -0.15) is 5.26 Å². The molecule has 0 bridgehead atoms. The summed E-state index contributed by atoms with van der Waals surface area (Å²) in [6.45, 7) is 8.61. The van der Waals surface area contributed by atoms with Gasteiger partial charge in [-0.15, -0.1) is 0 Å². The summed E-state index contributed by atoms with van der Waals surface area (Å²) in [4.78, 5) is 2.43. The summed E-state index contributed by atoms with van der Waals surface area (Å²) in [7, 11) is 0. The summed E-state index contributed by atoms with van der Waals surface area (Å²) < 4.78 is 0. The Labute approximate surface area is 129 Å². The quantitative estimate of drug-likeness (QED) is 0.848. The van der Waals surface area contributed by atoms with Crippen molar-refractivity contribution in [2.45, 2.75) is 77.4 Å². The lowest BCUT2D eigenvalue weighted by molar-refractivity contribution is -0.0758. The third-order valence-corrected chi connectivity index (χ3v) is 6.51. The van der Waals surface area contributed by atoms with Gasteiger partial charge in [-0.25, -0.2) is 0 Å². The highest BCUT2D eigenvalue weighted by Gasteiger charge is 2.57. The Kier molecular flexibility index (Phi) is 3.62. The van der Waals surface area contributed by atoms with Gasteiger partial charge in [0.1, 0.15) is 0 Å². The van der Waals surface area contributed by atoms with Crippen LogP contribution < -0.4 is 0 Å². The molecule has 0 amide bonds. The average Bonchev–Trinajstić information content (AvgIpc) is 3.21. The van der Waals surface area contributed by atoms with E-state index in [1.807, 2.05) is 0 Å². The number of likely N-dealkylation sites (tertiary alicyclic amines) is 1. The Balaban J connectivity index is 1.72. The first-order valence-electron chi connectivity index (χ1n) is 8.67. The number of nitrogens with zero attached hydrogens (tertiary/aromatic N) is 2. The third-order valence-electron chi connectivity index (χ3n) is 6.51. The molecule has 3 rings (SSSR count). The topological polar surface area (TPSA) is 47.3 Å². The van der Waals surface area contributed by atoms with Crippen LogP contribution in [0.4, 0.5) is 0 Å². The van der Waals surface area contributed by atoms with Crippen LogP contribution in [0.1, 0.15) is 65.7 Å². The van der Waals surface area contributed by atoms with Crippen LogP contribution in [0.3, 0.4) is 0 Å². The van der Waals surface area contributed by atoms with E-state index >= 15 is 0 Å². The van der Waals surface area contributed by atoms with Crippen molar-refractivity contribution >= 4 is 0 Å². The van der Waals surface area contributed by atoms with E-state index < -0.39 is 11.0 Å². The fourth-order valence-corrected chi connectivity index (χ4v) is 4.62. The molecule has 3 nitrogen and oxygen atoms in total. The van der Waals surface area contributed by atoms with Crippen LogP contribution in [0.5, 0.6) is 0 Å². The molecule has 3 fully saturated rings. The van der Waals surface area contributed by atoms with Gasteiger partial charge in [-0.05, 0) is 56.3 Å². The predicted octanol–water partition coefficient (Wildman–Crippen LogP) is 3.33. The van der Waals surface area contributed by atoms with Crippen molar-refractivity contribution in [2.75, 3.05) is 13.1 Å². The number of hydrogen-bond donors (Lipinski definition) is 1. The molecule has 1 saturated heterocycles. The maximum atomic E-state index is 11.2. The van der Waals surface area contributed by atoms with Crippen molar-refractivity contribution in [1.82, 2.24) is 4.90 Å². The Morgan fingerprint density at radius 2 is 1.71 bits per heavy atom. The zero-order valence-electron chi connectivity index (χ0n) is 13.9. The van der Waals surface area contributed by atoms with Crippen LogP contribution in [-0.4, -0.2) is 34.7 Å². The molecule has 21 heavy (non-hydrogen) atoms. The van der Waals surface area contributed by atoms with Crippen LogP contribution in [-0.2, 0) is 0 Å². The number of aliphatic hydroxyl groups is 1. The van der Waals surface area contributed by atoms with E-state index in [0.29, 0.717) is 17.4 Å². The normalized spacial score (nSPS) is 42.0. The fraction of sp³-hybridized carbons (Fsp3) is 0.944. The zero-order chi connectivity index (χ0) is 15.3. The van der Waals surface area contributed by atoms with E-state index in [0.717, 1.165) is 45.2 Å². The molecular formula is C18H30N2O. The second-order valence-corrected chi connectivity index (χ2v) is 8.82. The standard InChI is InChI=1S/C18H30N2O/c1-16(2,3)14-6-8-17(12-19,9-7-14)18(21)10-11-20(13-18)15-4-5-15/h14-15,21H,4-11,13H2,1-3H3. The molecule has 0 aromatic carbocycles.